The summed E-state index contributed by atoms with van der Waals surface area (Å²) in [5.74, 6) is -1.95. The van der Waals surface area contributed by atoms with Crippen LogP contribution in [-0.4, -0.2) is 50.8 Å². The molecule has 0 atom stereocenters. The Bertz CT molecular complexity index is 1370. The van der Waals surface area contributed by atoms with Crippen molar-refractivity contribution < 1.29 is 24.2 Å². The maximum Gasteiger partial charge on any atom is 0.352 e. The predicted octanol–water partition coefficient (Wildman–Crippen LogP) is 3.43. The van der Waals surface area contributed by atoms with Crippen LogP contribution in [0.3, 0.4) is 0 Å². The Morgan fingerprint density at radius 1 is 1.00 bits per heavy atom. The minimum Gasteiger partial charge on any atom is -0.477 e. The van der Waals surface area contributed by atoms with Crippen molar-refractivity contribution in [1.82, 2.24) is 9.47 Å². The van der Waals surface area contributed by atoms with Gasteiger partial charge in [0.2, 0.25) is 5.91 Å². The molecule has 0 radical (unpaired) electrons. The van der Waals surface area contributed by atoms with Crippen molar-refractivity contribution in [1.29, 1.82) is 0 Å². The van der Waals surface area contributed by atoms with Crippen LogP contribution in [-0.2, 0) is 17.8 Å². The summed E-state index contributed by atoms with van der Waals surface area (Å²) in [6, 6.07) is 17.8. The molecule has 0 spiro atoms. The van der Waals surface area contributed by atoms with E-state index in [1.807, 2.05) is 42.5 Å². The molecule has 1 aromatic heterocycles. The highest BCUT2D eigenvalue weighted by Crippen LogP contribution is 2.31. The predicted molar refractivity (Wildman–Crippen MR) is 118 cm³/mol. The minimum atomic E-state index is -1.17. The van der Waals surface area contributed by atoms with Crippen LogP contribution in [0, 0.1) is 5.82 Å². The fraction of sp³-hybridized carbons (Fsp3) is 0.200. The molecule has 2 N–H and O–H groups in total. The topological polar surface area (TPSA) is 82.8 Å². The largest absolute Gasteiger partial charge is 0.477 e. The Morgan fingerprint density at radius 3 is 2.50 bits per heavy atom. The number of hydrogen-bond acceptors (Lipinski definition) is 3. The molecule has 1 fully saturated rings. The number of aliphatic hydroxyl groups is 1. The highest BCUT2D eigenvalue weighted by atomic mass is 19.1. The number of aromatic nitrogens is 1. The number of halogens is 1. The van der Waals surface area contributed by atoms with Gasteiger partial charge in [0.1, 0.15) is 11.5 Å². The number of amides is 1. The van der Waals surface area contributed by atoms with Crippen LogP contribution in [0.5, 0.6) is 0 Å². The number of benzene rings is 3. The third-order valence-electron chi connectivity index (χ3n) is 6.08. The molecule has 0 bridgehead atoms. The lowest BCUT2D eigenvalue weighted by molar-refractivity contribution is -0.140. The molecule has 1 amide bonds. The minimum absolute atomic E-state index is 0.0204. The maximum absolute atomic E-state index is 14.1. The molecule has 0 aliphatic carbocycles. The van der Waals surface area contributed by atoms with Crippen LogP contribution in [0.1, 0.15) is 21.6 Å². The Kier molecular flexibility index (Phi) is 4.90. The quantitative estimate of drug-likeness (QED) is 0.506. The fourth-order valence-electron chi connectivity index (χ4n) is 4.51. The van der Waals surface area contributed by atoms with E-state index in [1.165, 1.54) is 17.0 Å². The maximum atomic E-state index is 14.1. The van der Waals surface area contributed by atoms with E-state index in [0.29, 0.717) is 16.5 Å². The number of nitrogens with zero attached hydrogens (tertiary/aromatic N) is 2. The number of aromatic carboxylic acids is 1. The van der Waals surface area contributed by atoms with E-state index in [9.17, 15) is 24.2 Å². The molecule has 1 aliphatic rings. The van der Waals surface area contributed by atoms with Crippen molar-refractivity contribution in [3.05, 3.63) is 83.3 Å². The molecule has 1 saturated heterocycles. The molecule has 4 aromatic rings. The number of carboxylic acid groups (broad SMARTS) is 1. The standard InChI is InChI=1S/C25H21FN2O4/c26-17-8-9-22-20(10-17)21(11-23(30)27-13-18(29)14-27)24(25(31)32)28(22)12-16-6-3-5-15-4-1-2-7-19(15)16/h1-10,18,29H,11-14H2,(H,31,32). The highest BCUT2D eigenvalue weighted by Gasteiger charge is 2.31. The zero-order chi connectivity index (χ0) is 22.4. The summed E-state index contributed by atoms with van der Waals surface area (Å²) < 4.78 is 15.8. The molecule has 0 unspecified atom stereocenters. The second kappa shape index (κ2) is 7.76. The van der Waals surface area contributed by atoms with Crippen LogP contribution >= 0.6 is 0 Å². The lowest BCUT2D eigenvalue weighted by Crippen LogP contribution is -2.54. The highest BCUT2D eigenvalue weighted by molar-refractivity contribution is 6.01. The lowest BCUT2D eigenvalue weighted by atomic mass is 10.0. The second-order valence-electron chi connectivity index (χ2n) is 8.15. The summed E-state index contributed by atoms with van der Waals surface area (Å²) >= 11 is 0. The fourth-order valence-corrected chi connectivity index (χ4v) is 4.51. The SMILES string of the molecule is O=C(O)c1c(CC(=O)N2CC(O)C2)c2cc(F)ccc2n1Cc1cccc2ccccc12. The number of fused-ring (bicyclic) bond motifs is 2. The van der Waals surface area contributed by atoms with Crippen molar-refractivity contribution in [2.75, 3.05) is 13.1 Å². The number of rotatable bonds is 5. The zero-order valence-electron chi connectivity index (χ0n) is 17.2. The van der Waals surface area contributed by atoms with E-state index in [0.717, 1.165) is 16.3 Å². The van der Waals surface area contributed by atoms with Gasteiger partial charge in [-0.1, -0.05) is 42.5 Å². The first-order chi connectivity index (χ1) is 15.4. The van der Waals surface area contributed by atoms with Gasteiger partial charge in [-0.05, 0) is 34.5 Å². The van der Waals surface area contributed by atoms with Crippen molar-refractivity contribution >= 4 is 33.6 Å². The first kappa shape index (κ1) is 20.2. The summed E-state index contributed by atoms with van der Waals surface area (Å²) in [5.41, 5.74) is 1.75. The number of likely N-dealkylation sites (tertiary alicyclic amines) is 1. The second-order valence-corrected chi connectivity index (χ2v) is 8.15. The van der Waals surface area contributed by atoms with Gasteiger partial charge < -0.3 is 19.7 Å². The van der Waals surface area contributed by atoms with Crippen molar-refractivity contribution in [3.63, 3.8) is 0 Å². The summed E-state index contributed by atoms with van der Waals surface area (Å²) in [6.07, 6.45) is -0.723. The number of hydrogen-bond donors (Lipinski definition) is 2. The van der Waals surface area contributed by atoms with Crippen LogP contribution in [0.4, 0.5) is 4.39 Å². The molecular weight excluding hydrogens is 411 g/mol. The molecule has 162 valence electrons. The third-order valence-corrected chi connectivity index (χ3v) is 6.08. The lowest BCUT2D eigenvalue weighted by Gasteiger charge is -2.35. The first-order valence-electron chi connectivity index (χ1n) is 10.4. The molecule has 1 aliphatic heterocycles. The Labute approximate surface area is 183 Å². The average molecular weight is 432 g/mol. The third kappa shape index (κ3) is 3.40. The summed E-state index contributed by atoms with van der Waals surface area (Å²) in [6.45, 7) is 0.718. The Balaban J connectivity index is 1.66. The van der Waals surface area contributed by atoms with E-state index in [2.05, 4.69) is 0 Å². The van der Waals surface area contributed by atoms with E-state index in [1.54, 1.807) is 10.6 Å². The van der Waals surface area contributed by atoms with E-state index < -0.39 is 17.9 Å². The number of carboxylic acids is 1. The van der Waals surface area contributed by atoms with Crippen LogP contribution < -0.4 is 0 Å². The van der Waals surface area contributed by atoms with Gasteiger partial charge in [-0.15, -0.1) is 0 Å². The zero-order valence-corrected chi connectivity index (χ0v) is 17.2. The Morgan fingerprint density at radius 2 is 1.75 bits per heavy atom. The molecule has 7 heteroatoms. The number of carbonyl (C=O) groups is 2. The molecule has 0 saturated carbocycles. The van der Waals surface area contributed by atoms with Gasteiger partial charge in [0.25, 0.3) is 0 Å². The van der Waals surface area contributed by atoms with Gasteiger partial charge in [-0.2, -0.15) is 0 Å². The molecule has 5 rings (SSSR count). The van der Waals surface area contributed by atoms with Crippen LogP contribution in [0.2, 0.25) is 0 Å². The van der Waals surface area contributed by atoms with Gasteiger partial charge in [-0.3, -0.25) is 4.79 Å². The molecular formula is C25H21FN2O4. The summed E-state index contributed by atoms with van der Waals surface area (Å²) in [7, 11) is 0. The van der Waals surface area contributed by atoms with Crippen molar-refractivity contribution in [2.45, 2.75) is 19.1 Å². The van der Waals surface area contributed by atoms with E-state index in [-0.39, 0.29) is 37.7 Å². The summed E-state index contributed by atoms with van der Waals surface area (Å²) in [4.78, 5) is 26.5. The van der Waals surface area contributed by atoms with Crippen molar-refractivity contribution in [2.24, 2.45) is 0 Å². The Hall–Kier alpha value is -3.71. The first-order valence-corrected chi connectivity index (χ1v) is 10.4. The van der Waals surface area contributed by atoms with Crippen LogP contribution in [0.25, 0.3) is 21.7 Å². The van der Waals surface area contributed by atoms with Gasteiger partial charge in [-0.25, -0.2) is 9.18 Å². The van der Waals surface area contributed by atoms with Gasteiger partial charge >= 0.3 is 5.97 Å². The van der Waals surface area contributed by atoms with E-state index >= 15 is 0 Å². The molecule has 3 aromatic carbocycles. The van der Waals surface area contributed by atoms with Gasteiger partial charge in [0.05, 0.1) is 12.5 Å². The summed E-state index contributed by atoms with van der Waals surface area (Å²) in [5, 5.41) is 22.0. The number of β-amino-alcohol motifs (C(OH)–C–C–N with tert-alkyl or cyclic N) is 1. The number of aliphatic hydroxyl groups excluding tert-OH is 1. The number of carbonyl (C=O) groups excluding carboxylic acids is 1. The van der Waals surface area contributed by atoms with Gasteiger partial charge in [0.15, 0.2) is 0 Å². The smallest absolute Gasteiger partial charge is 0.352 e. The molecule has 6 nitrogen and oxygen atoms in total. The van der Waals surface area contributed by atoms with E-state index in [4.69, 9.17) is 0 Å². The van der Waals surface area contributed by atoms with Gasteiger partial charge in [0, 0.05) is 36.1 Å². The van der Waals surface area contributed by atoms with Crippen molar-refractivity contribution in [3.8, 4) is 0 Å². The monoisotopic (exact) mass is 432 g/mol. The average Bonchev–Trinajstić information content (AvgIpc) is 3.04. The molecule has 2 heterocycles. The van der Waals surface area contributed by atoms with Crippen LogP contribution in [0.15, 0.2) is 60.7 Å². The molecule has 32 heavy (non-hydrogen) atoms. The normalized spacial score (nSPS) is 14.1.